The van der Waals surface area contributed by atoms with Crippen LogP contribution in [-0.2, 0) is 0 Å². The Balaban J connectivity index is 1.99. The van der Waals surface area contributed by atoms with Crippen LogP contribution >= 0.6 is 0 Å². The van der Waals surface area contributed by atoms with Gasteiger partial charge in [0.2, 0.25) is 0 Å². The van der Waals surface area contributed by atoms with Crippen molar-refractivity contribution in [1.29, 1.82) is 0 Å². The molecule has 0 fully saturated rings. The Labute approximate surface area is 148 Å². The lowest BCUT2D eigenvalue weighted by molar-refractivity contribution is 0.259. The van der Waals surface area contributed by atoms with Crippen molar-refractivity contribution in [2.45, 2.75) is 0 Å². The number of pyridine rings is 1. The highest BCUT2D eigenvalue weighted by Gasteiger charge is 2.13. The summed E-state index contributed by atoms with van der Waals surface area (Å²) in [7, 11) is 3.05. The number of benzene rings is 2. The number of nitrogens with one attached hydrogen (secondary N) is 1. The maximum atomic E-state index is 14.3. The number of ether oxygens (including phenoxy) is 3. The molecule has 7 nitrogen and oxygen atoms in total. The minimum absolute atomic E-state index is 0.0118. The predicted molar refractivity (Wildman–Crippen MR) is 94.5 cm³/mol. The van der Waals surface area contributed by atoms with Crippen LogP contribution < -0.4 is 25.3 Å². The van der Waals surface area contributed by atoms with Gasteiger partial charge in [0.15, 0.2) is 23.1 Å². The van der Waals surface area contributed by atoms with E-state index in [2.05, 4.69) is 10.3 Å². The highest BCUT2D eigenvalue weighted by atomic mass is 19.1. The van der Waals surface area contributed by atoms with Crippen molar-refractivity contribution in [3.8, 4) is 23.0 Å². The van der Waals surface area contributed by atoms with Crippen LogP contribution in [0.4, 0.5) is 14.9 Å². The highest BCUT2D eigenvalue weighted by Crippen LogP contribution is 2.37. The average Bonchev–Trinajstić information content (AvgIpc) is 2.62. The number of urea groups is 1. The summed E-state index contributed by atoms with van der Waals surface area (Å²) in [6.07, 6.45) is 1.55. The van der Waals surface area contributed by atoms with Crippen LogP contribution in [0.15, 0.2) is 42.6 Å². The third-order valence-electron chi connectivity index (χ3n) is 3.63. The minimum Gasteiger partial charge on any atom is -0.493 e. The number of carbonyl (C=O) groups is 1. The highest BCUT2D eigenvalue weighted by molar-refractivity contribution is 5.89. The summed E-state index contributed by atoms with van der Waals surface area (Å²) in [6, 6.07) is 8.24. The fourth-order valence-electron chi connectivity index (χ4n) is 2.46. The first-order chi connectivity index (χ1) is 12.5. The molecule has 0 aliphatic rings. The summed E-state index contributed by atoms with van der Waals surface area (Å²) in [6.45, 7) is 0. The third-order valence-corrected chi connectivity index (χ3v) is 3.63. The number of methoxy groups -OCH3 is 2. The largest absolute Gasteiger partial charge is 0.493 e. The van der Waals surface area contributed by atoms with E-state index in [1.54, 1.807) is 24.4 Å². The van der Waals surface area contributed by atoms with Gasteiger partial charge in [-0.15, -0.1) is 0 Å². The first-order valence-corrected chi connectivity index (χ1v) is 7.56. The molecule has 2 aromatic carbocycles. The predicted octanol–water partition coefficient (Wildman–Crippen LogP) is 3.67. The van der Waals surface area contributed by atoms with Crippen molar-refractivity contribution in [1.82, 2.24) is 4.98 Å². The molecule has 2 amide bonds. The summed E-state index contributed by atoms with van der Waals surface area (Å²) in [5.41, 5.74) is 5.85. The number of carbonyl (C=O) groups excluding carboxylic acids is 1. The van der Waals surface area contributed by atoms with Gasteiger partial charge in [-0.05, 0) is 24.3 Å². The van der Waals surface area contributed by atoms with Crippen LogP contribution in [0.1, 0.15) is 0 Å². The molecule has 3 aromatic rings. The van der Waals surface area contributed by atoms with E-state index in [0.29, 0.717) is 28.2 Å². The smallest absolute Gasteiger partial charge is 0.316 e. The normalized spacial score (nSPS) is 10.4. The zero-order valence-corrected chi connectivity index (χ0v) is 14.1. The Morgan fingerprint density at radius 2 is 1.77 bits per heavy atom. The van der Waals surface area contributed by atoms with E-state index < -0.39 is 11.8 Å². The molecule has 0 atom stereocenters. The molecule has 3 rings (SSSR count). The van der Waals surface area contributed by atoms with E-state index in [1.165, 1.54) is 26.4 Å². The lowest BCUT2D eigenvalue weighted by Crippen LogP contribution is -2.19. The number of anilines is 1. The maximum absolute atomic E-state index is 14.3. The van der Waals surface area contributed by atoms with Crippen molar-refractivity contribution in [3.05, 3.63) is 48.4 Å². The Kier molecular flexibility index (Phi) is 4.74. The van der Waals surface area contributed by atoms with Gasteiger partial charge in [0, 0.05) is 29.4 Å². The van der Waals surface area contributed by atoms with Crippen LogP contribution in [0, 0.1) is 5.82 Å². The molecule has 134 valence electrons. The fourth-order valence-corrected chi connectivity index (χ4v) is 2.46. The standard InChI is InChI=1S/C18H16FN3O4/c1-24-16-8-11-13(9-17(16)25-2)21-6-5-14(11)26-15-4-3-10(7-12(15)19)22-18(20)23/h3-9H,1-2H3,(H3,20,22,23). The number of hydrogen-bond donors (Lipinski definition) is 2. The Hall–Kier alpha value is -3.55. The lowest BCUT2D eigenvalue weighted by atomic mass is 10.2. The van der Waals surface area contributed by atoms with Gasteiger partial charge in [0.1, 0.15) is 5.75 Å². The second kappa shape index (κ2) is 7.14. The molecule has 0 saturated carbocycles. The molecule has 1 aromatic heterocycles. The molecule has 0 radical (unpaired) electrons. The summed E-state index contributed by atoms with van der Waals surface area (Å²) in [4.78, 5) is 15.1. The van der Waals surface area contributed by atoms with Gasteiger partial charge < -0.3 is 25.3 Å². The van der Waals surface area contributed by atoms with E-state index in [9.17, 15) is 9.18 Å². The van der Waals surface area contributed by atoms with Gasteiger partial charge in [-0.1, -0.05) is 0 Å². The molecule has 0 spiro atoms. The van der Waals surface area contributed by atoms with Gasteiger partial charge in [0.25, 0.3) is 0 Å². The van der Waals surface area contributed by atoms with Gasteiger partial charge >= 0.3 is 6.03 Å². The number of hydrogen-bond acceptors (Lipinski definition) is 5. The van der Waals surface area contributed by atoms with Gasteiger partial charge in [-0.25, -0.2) is 9.18 Å². The fraction of sp³-hybridized carbons (Fsp3) is 0.111. The summed E-state index contributed by atoms with van der Waals surface area (Å²) in [5.74, 6) is 0.756. The molecular weight excluding hydrogens is 341 g/mol. The van der Waals surface area contributed by atoms with Crippen LogP contribution in [0.25, 0.3) is 10.9 Å². The van der Waals surface area contributed by atoms with Crippen molar-refractivity contribution < 1.29 is 23.4 Å². The van der Waals surface area contributed by atoms with Crippen molar-refractivity contribution in [2.24, 2.45) is 5.73 Å². The van der Waals surface area contributed by atoms with E-state index in [-0.39, 0.29) is 11.4 Å². The number of nitrogens with two attached hydrogens (primary N) is 1. The number of halogens is 1. The van der Waals surface area contributed by atoms with Crippen LogP contribution in [0.2, 0.25) is 0 Å². The van der Waals surface area contributed by atoms with E-state index >= 15 is 0 Å². The number of primary amides is 1. The Morgan fingerprint density at radius 3 is 2.42 bits per heavy atom. The average molecular weight is 357 g/mol. The monoisotopic (exact) mass is 357 g/mol. The molecule has 0 bridgehead atoms. The minimum atomic E-state index is -0.778. The van der Waals surface area contributed by atoms with Crippen LogP contribution in [0.3, 0.4) is 0 Å². The van der Waals surface area contributed by atoms with Crippen molar-refractivity contribution in [3.63, 3.8) is 0 Å². The summed E-state index contributed by atoms with van der Waals surface area (Å²) >= 11 is 0. The molecular formula is C18H16FN3O4. The number of nitrogens with zero attached hydrogens (tertiary/aromatic N) is 1. The molecule has 1 heterocycles. The van der Waals surface area contributed by atoms with E-state index in [0.717, 1.165) is 6.07 Å². The zero-order valence-electron chi connectivity index (χ0n) is 14.1. The molecule has 0 unspecified atom stereocenters. The number of fused-ring (bicyclic) bond motifs is 1. The van der Waals surface area contributed by atoms with Crippen molar-refractivity contribution >= 4 is 22.6 Å². The van der Waals surface area contributed by atoms with Gasteiger partial charge in [-0.2, -0.15) is 0 Å². The first kappa shape index (κ1) is 17.3. The van der Waals surface area contributed by atoms with Gasteiger partial charge in [-0.3, -0.25) is 4.98 Å². The quantitative estimate of drug-likeness (QED) is 0.726. The SMILES string of the molecule is COc1cc2nccc(Oc3ccc(NC(N)=O)cc3F)c2cc1OC. The van der Waals surface area contributed by atoms with Crippen LogP contribution in [-0.4, -0.2) is 25.2 Å². The molecule has 3 N–H and O–H groups in total. The van der Waals surface area contributed by atoms with E-state index in [1.807, 2.05) is 0 Å². The Morgan fingerprint density at radius 1 is 1.04 bits per heavy atom. The maximum Gasteiger partial charge on any atom is 0.316 e. The van der Waals surface area contributed by atoms with Gasteiger partial charge in [0.05, 0.1) is 19.7 Å². The topological polar surface area (TPSA) is 95.7 Å². The van der Waals surface area contributed by atoms with Crippen molar-refractivity contribution in [2.75, 3.05) is 19.5 Å². The first-order valence-electron chi connectivity index (χ1n) is 7.56. The number of amides is 2. The summed E-state index contributed by atoms with van der Waals surface area (Å²) in [5, 5.41) is 2.93. The van der Waals surface area contributed by atoms with Crippen LogP contribution in [0.5, 0.6) is 23.0 Å². The number of rotatable bonds is 5. The molecule has 0 saturated heterocycles. The molecule has 26 heavy (non-hydrogen) atoms. The second-order valence-corrected chi connectivity index (χ2v) is 5.27. The molecule has 0 aliphatic heterocycles. The second-order valence-electron chi connectivity index (χ2n) is 5.27. The zero-order chi connectivity index (χ0) is 18.7. The third kappa shape index (κ3) is 3.44. The Bertz CT molecular complexity index is 978. The summed E-state index contributed by atoms with van der Waals surface area (Å²) < 4.78 is 30.5. The van der Waals surface area contributed by atoms with E-state index in [4.69, 9.17) is 19.9 Å². The molecule has 0 aliphatic carbocycles. The number of aromatic nitrogens is 1. The molecule has 8 heteroatoms. The lowest BCUT2D eigenvalue weighted by Gasteiger charge is -2.13.